The maximum Gasteiger partial charge on any atom is 0.264 e. The van der Waals surface area contributed by atoms with Crippen molar-refractivity contribution in [1.82, 2.24) is 10.3 Å². The van der Waals surface area contributed by atoms with Crippen LogP contribution in [0.1, 0.15) is 5.56 Å². The number of pyridine rings is 1. The zero-order valence-corrected chi connectivity index (χ0v) is 14.5. The third-order valence-corrected chi connectivity index (χ3v) is 4.88. The van der Waals surface area contributed by atoms with Gasteiger partial charge in [-0.25, -0.2) is 4.99 Å². The van der Waals surface area contributed by atoms with Gasteiger partial charge in [0.15, 0.2) is 5.17 Å². The van der Waals surface area contributed by atoms with Crippen molar-refractivity contribution in [3.8, 4) is 0 Å². The van der Waals surface area contributed by atoms with Gasteiger partial charge in [-0.2, -0.15) is 0 Å². The molecule has 25 heavy (non-hydrogen) atoms. The highest BCUT2D eigenvalue weighted by molar-refractivity contribution is 8.18. The molecule has 0 unspecified atom stereocenters. The minimum atomic E-state index is -0.165. The zero-order chi connectivity index (χ0) is 17.2. The number of aromatic nitrogens is 1. The number of carbonyl (C=O) groups excluding carboxylic acids is 1. The van der Waals surface area contributed by atoms with E-state index in [-0.39, 0.29) is 5.91 Å². The van der Waals surface area contributed by atoms with E-state index >= 15 is 0 Å². The Kier molecular flexibility index (Phi) is 4.26. The van der Waals surface area contributed by atoms with Crippen LogP contribution in [0.15, 0.2) is 70.7 Å². The highest BCUT2D eigenvalue weighted by Gasteiger charge is 2.24. The molecule has 1 aliphatic rings. The lowest BCUT2D eigenvalue weighted by atomic mass is 10.1. The summed E-state index contributed by atoms with van der Waals surface area (Å²) in [7, 11) is 0. The number of nitrogens with zero attached hydrogens (tertiary/aromatic N) is 2. The van der Waals surface area contributed by atoms with E-state index in [9.17, 15) is 4.79 Å². The van der Waals surface area contributed by atoms with Gasteiger partial charge in [0.2, 0.25) is 0 Å². The molecule has 0 radical (unpaired) electrons. The molecule has 6 heteroatoms. The van der Waals surface area contributed by atoms with Crippen molar-refractivity contribution in [1.29, 1.82) is 0 Å². The van der Waals surface area contributed by atoms with Crippen molar-refractivity contribution >= 4 is 57.1 Å². The monoisotopic (exact) mass is 365 g/mol. The number of amides is 1. The van der Waals surface area contributed by atoms with Crippen LogP contribution in [0.25, 0.3) is 17.0 Å². The molecule has 0 bridgehead atoms. The van der Waals surface area contributed by atoms with Gasteiger partial charge in [-0.1, -0.05) is 35.9 Å². The van der Waals surface area contributed by atoms with Crippen molar-refractivity contribution in [2.45, 2.75) is 0 Å². The minimum absolute atomic E-state index is 0.165. The fourth-order valence-electron chi connectivity index (χ4n) is 2.47. The van der Waals surface area contributed by atoms with E-state index in [0.717, 1.165) is 16.5 Å². The molecule has 2 heterocycles. The van der Waals surface area contributed by atoms with Gasteiger partial charge in [-0.15, -0.1) is 0 Å². The third-order valence-electron chi connectivity index (χ3n) is 3.65. The zero-order valence-electron chi connectivity index (χ0n) is 12.9. The summed E-state index contributed by atoms with van der Waals surface area (Å²) in [5, 5.41) is 4.87. The van der Waals surface area contributed by atoms with E-state index in [1.54, 1.807) is 18.3 Å². The number of aliphatic imine (C=N–C) groups is 1. The topological polar surface area (TPSA) is 54.4 Å². The summed E-state index contributed by atoms with van der Waals surface area (Å²) >= 11 is 7.41. The number of para-hydroxylation sites is 1. The number of rotatable bonds is 2. The summed E-state index contributed by atoms with van der Waals surface area (Å²) in [6, 6.07) is 17.0. The number of benzene rings is 2. The lowest BCUT2D eigenvalue weighted by Crippen LogP contribution is -2.19. The first-order valence-corrected chi connectivity index (χ1v) is 8.77. The van der Waals surface area contributed by atoms with Gasteiger partial charge in [0.05, 0.1) is 21.1 Å². The number of amidine groups is 1. The lowest BCUT2D eigenvalue weighted by molar-refractivity contribution is -0.115. The van der Waals surface area contributed by atoms with E-state index in [1.165, 1.54) is 11.8 Å². The van der Waals surface area contributed by atoms with Crippen LogP contribution in [0, 0.1) is 0 Å². The summed E-state index contributed by atoms with van der Waals surface area (Å²) < 4.78 is 0. The van der Waals surface area contributed by atoms with Crippen LogP contribution in [0.2, 0.25) is 5.02 Å². The van der Waals surface area contributed by atoms with Crippen molar-refractivity contribution < 1.29 is 4.79 Å². The number of carbonyl (C=O) groups is 1. The normalized spacial score (nSPS) is 17.4. The number of fused-ring (bicyclic) bond motifs is 1. The molecule has 0 atom stereocenters. The molecule has 2 aromatic carbocycles. The molecule has 0 aliphatic carbocycles. The Labute approximate surface area is 153 Å². The van der Waals surface area contributed by atoms with Crippen molar-refractivity contribution in [2.75, 3.05) is 0 Å². The first-order chi connectivity index (χ1) is 12.2. The molecule has 3 aromatic rings. The molecule has 1 amide bonds. The van der Waals surface area contributed by atoms with Crippen LogP contribution < -0.4 is 5.32 Å². The molecule has 1 saturated heterocycles. The summed E-state index contributed by atoms with van der Waals surface area (Å²) in [5.41, 5.74) is 2.50. The lowest BCUT2D eigenvalue weighted by Gasteiger charge is -1.99. The van der Waals surface area contributed by atoms with Gasteiger partial charge in [-0.3, -0.25) is 9.78 Å². The van der Waals surface area contributed by atoms with Gasteiger partial charge in [0.1, 0.15) is 0 Å². The number of halogens is 1. The van der Waals surface area contributed by atoms with Crippen LogP contribution in [0.3, 0.4) is 0 Å². The second-order valence-corrected chi connectivity index (χ2v) is 6.83. The fourth-order valence-corrected chi connectivity index (χ4v) is 3.48. The van der Waals surface area contributed by atoms with Crippen LogP contribution in [-0.2, 0) is 4.79 Å². The Hall–Kier alpha value is -2.63. The van der Waals surface area contributed by atoms with E-state index in [2.05, 4.69) is 15.3 Å². The van der Waals surface area contributed by atoms with Crippen LogP contribution in [0.5, 0.6) is 0 Å². The average Bonchev–Trinajstić information content (AvgIpc) is 2.96. The molecule has 1 N–H and O–H groups in total. The van der Waals surface area contributed by atoms with Crippen molar-refractivity contribution in [3.63, 3.8) is 0 Å². The molecule has 0 saturated carbocycles. The number of hydrogen-bond donors (Lipinski definition) is 1. The quantitative estimate of drug-likeness (QED) is 0.665. The van der Waals surface area contributed by atoms with Crippen LogP contribution in [0.4, 0.5) is 5.69 Å². The van der Waals surface area contributed by atoms with Gasteiger partial charge in [0.25, 0.3) is 5.91 Å². The SMILES string of the molecule is O=C1NC(=Nc2ccccc2Cl)S/C1=C/c1ccc2ncccc2c1. The molecule has 4 rings (SSSR count). The molecular formula is C19H12ClN3OS. The van der Waals surface area contributed by atoms with Crippen LogP contribution in [-0.4, -0.2) is 16.1 Å². The fraction of sp³-hybridized carbons (Fsp3) is 0. The standard InChI is InChI=1S/C19H12ClN3OS/c20-14-5-1-2-6-16(14)22-19-23-18(24)17(25-19)11-12-7-8-15-13(10-12)4-3-9-21-15/h1-11H,(H,22,23,24)/b17-11+. The molecule has 1 aliphatic heterocycles. The maximum absolute atomic E-state index is 12.2. The Morgan fingerprint density at radius 3 is 2.88 bits per heavy atom. The molecule has 122 valence electrons. The Balaban J connectivity index is 1.63. The predicted molar refractivity (Wildman–Crippen MR) is 104 cm³/mol. The van der Waals surface area contributed by atoms with Crippen molar-refractivity contribution in [3.05, 3.63) is 76.3 Å². The summed E-state index contributed by atoms with van der Waals surface area (Å²) in [6.07, 6.45) is 3.61. The molecule has 4 nitrogen and oxygen atoms in total. The predicted octanol–water partition coefficient (Wildman–Crippen LogP) is 4.78. The molecule has 1 aromatic heterocycles. The number of hydrogen-bond acceptors (Lipinski definition) is 4. The Bertz CT molecular complexity index is 1050. The smallest absolute Gasteiger partial charge is 0.264 e. The summed E-state index contributed by atoms with van der Waals surface area (Å²) in [4.78, 5) is 21.5. The van der Waals surface area contributed by atoms with Gasteiger partial charge in [0, 0.05) is 11.6 Å². The first-order valence-electron chi connectivity index (χ1n) is 7.58. The minimum Gasteiger partial charge on any atom is -0.300 e. The number of nitrogens with one attached hydrogen (secondary N) is 1. The second kappa shape index (κ2) is 6.70. The molecule has 0 spiro atoms. The average molecular weight is 366 g/mol. The van der Waals surface area contributed by atoms with E-state index in [0.29, 0.717) is 20.8 Å². The Morgan fingerprint density at radius 1 is 1.12 bits per heavy atom. The maximum atomic E-state index is 12.2. The second-order valence-electron chi connectivity index (χ2n) is 5.39. The third kappa shape index (κ3) is 3.43. The van der Waals surface area contributed by atoms with Gasteiger partial charge < -0.3 is 5.32 Å². The first kappa shape index (κ1) is 15.9. The molecule has 1 fully saturated rings. The summed E-state index contributed by atoms with van der Waals surface area (Å²) in [5.74, 6) is -0.165. The number of thioether (sulfide) groups is 1. The van der Waals surface area contributed by atoms with E-state index in [1.807, 2.05) is 48.5 Å². The van der Waals surface area contributed by atoms with Gasteiger partial charge in [-0.05, 0) is 53.7 Å². The molecular weight excluding hydrogens is 354 g/mol. The largest absolute Gasteiger partial charge is 0.300 e. The van der Waals surface area contributed by atoms with E-state index < -0.39 is 0 Å². The van der Waals surface area contributed by atoms with Gasteiger partial charge >= 0.3 is 0 Å². The highest BCUT2D eigenvalue weighted by Crippen LogP contribution is 2.31. The van der Waals surface area contributed by atoms with Crippen LogP contribution >= 0.6 is 23.4 Å². The van der Waals surface area contributed by atoms with E-state index in [4.69, 9.17) is 11.6 Å². The summed E-state index contributed by atoms with van der Waals surface area (Å²) in [6.45, 7) is 0. The Morgan fingerprint density at radius 2 is 2.00 bits per heavy atom. The van der Waals surface area contributed by atoms with Crippen molar-refractivity contribution in [2.24, 2.45) is 4.99 Å². The highest BCUT2D eigenvalue weighted by atomic mass is 35.5.